The van der Waals surface area contributed by atoms with Crippen molar-refractivity contribution in [3.63, 3.8) is 0 Å². The van der Waals surface area contributed by atoms with Crippen molar-refractivity contribution in [2.24, 2.45) is 5.92 Å². The number of rotatable bonds is 5. The second-order valence-electron chi connectivity index (χ2n) is 4.03. The summed E-state index contributed by atoms with van der Waals surface area (Å²) in [6.07, 6.45) is -0.0118. The minimum Gasteiger partial charge on any atom is -0.479 e. The molecule has 0 saturated carbocycles. The van der Waals surface area contributed by atoms with Gasteiger partial charge in [-0.25, -0.2) is 4.79 Å². The number of carboxylic acid groups (broad SMARTS) is 1. The lowest BCUT2D eigenvalue weighted by molar-refractivity contribution is -0.162. The third-order valence-electron chi connectivity index (χ3n) is 3.08. The van der Waals surface area contributed by atoms with Gasteiger partial charge in [0, 0.05) is 5.56 Å². The second kappa shape index (κ2) is 5.10. The van der Waals surface area contributed by atoms with E-state index in [-0.39, 0.29) is 12.2 Å². The predicted molar refractivity (Wildman–Crippen MR) is 62.8 cm³/mol. The summed E-state index contributed by atoms with van der Waals surface area (Å²) in [4.78, 5) is 23.1. The Balaban J connectivity index is 3.01. The maximum atomic E-state index is 12.0. The summed E-state index contributed by atoms with van der Waals surface area (Å²) in [5.41, 5.74) is -1.60. The third kappa shape index (κ3) is 2.53. The van der Waals surface area contributed by atoms with E-state index in [0.717, 1.165) is 0 Å². The van der Waals surface area contributed by atoms with E-state index < -0.39 is 17.5 Å². The van der Waals surface area contributed by atoms with Crippen LogP contribution in [0.15, 0.2) is 30.3 Å². The van der Waals surface area contributed by atoms with Crippen molar-refractivity contribution < 1.29 is 19.8 Å². The normalized spacial score (nSPS) is 15.9. The maximum absolute atomic E-state index is 12.0. The molecule has 1 rings (SSSR count). The van der Waals surface area contributed by atoms with Crippen molar-refractivity contribution in [3.8, 4) is 0 Å². The number of benzene rings is 1. The number of aliphatic carboxylic acids is 1. The molecule has 1 aromatic carbocycles. The summed E-state index contributed by atoms with van der Waals surface area (Å²) < 4.78 is 0. The smallest absolute Gasteiger partial charge is 0.336 e. The minimum absolute atomic E-state index is 0.0118. The van der Waals surface area contributed by atoms with Crippen LogP contribution >= 0.6 is 0 Å². The molecule has 0 fully saturated rings. The Morgan fingerprint density at radius 3 is 2.24 bits per heavy atom. The fourth-order valence-corrected chi connectivity index (χ4v) is 1.71. The zero-order valence-electron chi connectivity index (χ0n) is 9.88. The van der Waals surface area contributed by atoms with Crippen LogP contribution in [-0.2, 0) is 4.79 Å². The topological polar surface area (TPSA) is 74.6 Å². The highest BCUT2D eigenvalue weighted by atomic mass is 16.4. The first-order valence-corrected chi connectivity index (χ1v) is 5.48. The molecule has 2 unspecified atom stereocenters. The lowest BCUT2D eigenvalue weighted by Gasteiger charge is -2.27. The van der Waals surface area contributed by atoms with E-state index in [9.17, 15) is 14.7 Å². The van der Waals surface area contributed by atoms with Crippen molar-refractivity contribution in [1.29, 1.82) is 0 Å². The zero-order chi connectivity index (χ0) is 13.1. The lowest BCUT2D eigenvalue weighted by Crippen LogP contribution is -2.47. The van der Waals surface area contributed by atoms with Gasteiger partial charge in [-0.1, -0.05) is 44.2 Å². The maximum Gasteiger partial charge on any atom is 0.336 e. The molecule has 0 aromatic heterocycles. The molecule has 92 valence electrons. The van der Waals surface area contributed by atoms with Gasteiger partial charge in [0.25, 0.3) is 0 Å². The summed E-state index contributed by atoms with van der Waals surface area (Å²) in [5, 5.41) is 19.0. The number of carbonyl (C=O) groups excluding carboxylic acids is 1. The van der Waals surface area contributed by atoms with Gasteiger partial charge in [-0.05, 0) is 6.42 Å². The number of Topliss-reactive ketones (excluding diaryl/α,β-unsaturated/α-hetero) is 1. The number of hydrogen-bond acceptors (Lipinski definition) is 3. The van der Waals surface area contributed by atoms with Crippen molar-refractivity contribution in [1.82, 2.24) is 0 Å². The molecule has 0 heterocycles. The summed E-state index contributed by atoms with van der Waals surface area (Å²) in [6, 6.07) is 8.38. The predicted octanol–water partition coefficient (Wildman–Crippen LogP) is 1.73. The van der Waals surface area contributed by atoms with Crippen LogP contribution < -0.4 is 0 Å². The first-order chi connectivity index (χ1) is 7.93. The van der Waals surface area contributed by atoms with Crippen LogP contribution in [0.1, 0.15) is 30.6 Å². The van der Waals surface area contributed by atoms with Crippen molar-refractivity contribution in [3.05, 3.63) is 35.9 Å². The molecule has 0 radical (unpaired) electrons. The average molecular weight is 236 g/mol. The van der Waals surface area contributed by atoms with Gasteiger partial charge in [0.05, 0.1) is 5.92 Å². The fraction of sp³-hybridized carbons (Fsp3) is 0.385. The lowest BCUT2D eigenvalue weighted by atomic mass is 9.81. The van der Waals surface area contributed by atoms with E-state index in [1.165, 1.54) is 6.92 Å². The van der Waals surface area contributed by atoms with Crippen molar-refractivity contribution in [2.75, 3.05) is 0 Å². The standard InChI is InChI=1S/C13H16O4/c1-3-13(17,12(15)16)9(2)11(14)10-7-5-4-6-8-10/h4-9,17H,3H2,1-2H3,(H,15,16). The minimum atomic E-state index is -2.01. The molecule has 0 bridgehead atoms. The Bertz CT molecular complexity index is 413. The molecule has 0 aliphatic rings. The largest absolute Gasteiger partial charge is 0.479 e. The van der Waals surface area contributed by atoms with Crippen LogP contribution in [0.2, 0.25) is 0 Å². The Hall–Kier alpha value is -1.68. The zero-order valence-corrected chi connectivity index (χ0v) is 9.88. The quantitative estimate of drug-likeness (QED) is 0.763. The highest BCUT2D eigenvalue weighted by Gasteiger charge is 2.43. The first kappa shape index (κ1) is 13.4. The van der Waals surface area contributed by atoms with E-state index in [4.69, 9.17) is 5.11 Å². The Kier molecular flexibility index (Phi) is 4.02. The summed E-state index contributed by atoms with van der Waals surface area (Å²) in [7, 11) is 0. The van der Waals surface area contributed by atoms with E-state index in [1.807, 2.05) is 0 Å². The number of carboxylic acids is 1. The van der Waals surface area contributed by atoms with Crippen molar-refractivity contribution >= 4 is 11.8 Å². The van der Waals surface area contributed by atoms with Crippen LogP contribution in [0.5, 0.6) is 0 Å². The van der Waals surface area contributed by atoms with Gasteiger partial charge < -0.3 is 10.2 Å². The van der Waals surface area contributed by atoms with E-state index >= 15 is 0 Å². The van der Waals surface area contributed by atoms with E-state index in [0.29, 0.717) is 5.56 Å². The first-order valence-electron chi connectivity index (χ1n) is 5.48. The van der Waals surface area contributed by atoms with Crippen LogP contribution in [0.4, 0.5) is 0 Å². The monoisotopic (exact) mass is 236 g/mol. The van der Waals surface area contributed by atoms with Crippen molar-refractivity contribution in [2.45, 2.75) is 25.9 Å². The van der Waals surface area contributed by atoms with Gasteiger partial charge >= 0.3 is 5.97 Å². The van der Waals surface area contributed by atoms with Crippen LogP contribution in [0.25, 0.3) is 0 Å². The Morgan fingerprint density at radius 2 is 1.82 bits per heavy atom. The van der Waals surface area contributed by atoms with Gasteiger partial charge in [-0.15, -0.1) is 0 Å². The summed E-state index contributed by atoms with van der Waals surface area (Å²) in [5.74, 6) is -2.71. The number of hydrogen-bond donors (Lipinski definition) is 2. The van der Waals surface area contributed by atoms with Crippen LogP contribution in [0.3, 0.4) is 0 Å². The molecule has 0 amide bonds. The third-order valence-corrected chi connectivity index (χ3v) is 3.08. The van der Waals surface area contributed by atoms with Gasteiger partial charge in [-0.3, -0.25) is 4.79 Å². The fourth-order valence-electron chi connectivity index (χ4n) is 1.71. The highest BCUT2D eigenvalue weighted by molar-refractivity contribution is 6.01. The molecule has 1 aromatic rings. The molecule has 2 atom stereocenters. The highest BCUT2D eigenvalue weighted by Crippen LogP contribution is 2.25. The molecular formula is C13H16O4. The van der Waals surface area contributed by atoms with E-state index in [1.54, 1.807) is 37.3 Å². The van der Waals surface area contributed by atoms with Crippen LogP contribution in [0, 0.1) is 5.92 Å². The van der Waals surface area contributed by atoms with Gasteiger partial charge in [0.1, 0.15) is 0 Å². The summed E-state index contributed by atoms with van der Waals surface area (Å²) >= 11 is 0. The molecule has 2 N–H and O–H groups in total. The molecule has 0 aliphatic heterocycles. The second-order valence-corrected chi connectivity index (χ2v) is 4.03. The summed E-state index contributed by atoms with van der Waals surface area (Å²) in [6.45, 7) is 2.98. The Morgan fingerprint density at radius 1 is 1.29 bits per heavy atom. The molecule has 4 nitrogen and oxygen atoms in total. The van der Waals surface area contributed by atoms with E-state index in [2.05, 4.69) is 0 Å². The molecule has 17 heavy (non-hydrogen) atoms. The molecule has 4 heteroatoms. The number of carbonyl (C=O) groups is 2. The van der Waals surface area contributed by atoms with Gasteiger partial charge in [-0.2, -0.15) is 0 Å². The molecular weight excluding hydrogens is 220 g/mol. The molecule has 0 saturated heterocycles. The number of ketones is 1. The Labute approximate surface area is 99.9 Å². The van der Waals surface area contributed by atoms with Gasteiger partial charge in [0.2, 0.25) is 0 Å². The van der Waals surface area contributed by atoms with Gasteiger partial charge in [0.15, 0.2) is 11.4 Å². The SMILES string of the molecule is CCC(O)(C(=O)O)C(C)C(=O)c1ccccc1. The molecule has 0 spiro atoms. The molecule has 0 aliphatic carbocycles. The number of aliphatic hydroxyl groups is 1. The average Bonchev–Trinajstić information content (AvgIpc) is 2.36. The van der Waals surface area contributed by atoms with Crippen LogP contribution in [-0.4, -0.2) is 27.6 Å².